The van der Waals surface area contributed by atoms with Gasteiger partial charge in [0.15, 0.2) is 11.6 Å². The first kappa shape index (κ1) is 8.40. The molecule has 0 aliphatic heterocycles. The first-order valence-corrected chi connectivity index (χ1v) is 3.72. The Labute approximate surface area is 71.7 Å². The van der Waals surface area contributed by atoms with E-state index in [-0.39, 0.29) is 10.0 Å². The molecule has 0 spiro atoms. The van der Waals surface area contributed by atoms with Gasteiger partial charge in [0.25, 0.3) is 0 Å². The summed E-state index contributed by atoms with van der Waals surface area (Å²) in [7, 11) is 0. The van der Waals surface area contributed by atoms with Gasteiger partial charge in [0.2, 0.25) is 0 Å². The Morgan fingerprint density at radius 3 is 2.45 bits per heavy atom. The molecule has 0 radical (unpaired) electrons. The van der Waals surface area contributed by atoms with Crippen LogP contribution >= 0.6 is 15.9 Å². The van der Waals surface area contributed by atoms with E-state index in [1.165, 1.54) is 18.2 Å². The molecular formula is C8H5BrF2. The minimum Gasteiger partial charge on any atom is -0.203 e. The third kappa shape index (κ3) is 1.48. The van der Waals surface area contributed by atoms with Crippen LogP contribution in [0.5, 0.6) is 0 Å². The van der Waals surface area contributed by atoms with Gasteiger partial charge >= 0.3 is 0 Å². The van der Waals surface area contributed by atoms with Gasteiger partial charge < -0.3 is 0 Å². The number of benzene rings is 1. The van der Waals surface area contributed by atoms with Gasteiger partial charge in [-0.3, -0.25) is 0 Å². The maximum Gasteiger partial charge on any atom is 0.173 e. The van der Waals surface area contributed by atoms with E-state index in [0.29, 0.717) is 0 Å². The molecule has 1 rings (SSSR count). The lowest BCUT2D eigenvalue weighted by Crippen LogP contribution is -1.88. The molecule has 1 aromatic carbocycles. The van der Waals surface area contributed by atoms with Gasteiger partial charge in [0, 0.05) is 5.56 Å². The molecule has 11 heavy (non-hydrogen) atoms. The van der Waals surface area contributed by atoms with Crippen LogP contribution in [0.25, 0.3) is 6.08 Å². The topological polar surface area (TPSA) is 0 Å². The molecule has 0 saturated carbocycles. The fourth-order valence-corrected chi connectivity index (χ4v) is 1.00. The number of rotatable bonds is 1. The molecule has 0 N–H and O–H groups in total. The lowest BCUT2D eigenvalue weighted by molar-refractivity contribution is 0.502. The van der Waals surface area contributed by atoms with Crippen LogP contribution in [-0.4, -0.2) is 0 Å². The maximum absolute atomic E-state index is 12.8. The van der Waals surface area contributed by atoms with Gasteiger partial charge in [0.05, 0.1) is 4.47 Å². The first-order valence-electron chi connectivity index (χ1n) is 2.92. The molecular weight excluding hydrogens is 214 g/mol. The predicted molar refractivity (Wildman–Crippen MR) is 44.1 cm³/mol. The second-order valence-corrected chi connectivity index (χ2v) is 2.82. The molecule has 0 unspecified atom stereocenters. The Hall–Kier alpha value is -0.700. The molecule has 0 bridgehead atoms. The van der Waals surface area contributed by atoms with Crippen molar-refractivity contribution < 1.29 is 8.78 Å². The SMILES string of the molecule is C=Cc1ccc(Br)c(F)c1F. The van der Waals surface area contributed by atoms with Crippen LogP contribution in [0.4, 0.5) is 8.78 Å². The standard InChI is InChI=1S/C8H5BrF2/c1-2-5-3-4-6(9)8(11)7(5)10/h2-4H,1H2. The third-order valence-corrected chi connectivity index (χ3v) is 1.90. The van der Waals surface area contributed by atoms with Crippen molar-refractivity contribution in [1.29, 1.82) is 0 Å². The van der Waals surface area contributed by atoms with E-state index in [2.05, 4.69) is 22.5 Å². The quantitative estimate of drug-likeness (QED) is 0.635. The van der Waals surface area contributed by atoms with Crippen LogP contribution in [0.3, 0.4) is 0 Å². The third-order valence-electron chi connectivity index (χ3n) is 1.28. The smallest absolute Gasteiger partial charge is 0.173 e. The molecule has 0 nitrogen and oxygen atoms in total. The summed E-state index contributed by atoms with van der Waals surface area (Å²) in [4.78, 5) is 0. The fourth-order valence-electron chi connectivity index (χ4n) is 0.698. The number of halogens is 3. The van der Waals surface area contributed by atoms with Crippen molar-refractivity contribution in [2.75, 3.05) is 0 Å². The van der Waals surface area contributed by atoms with Gasteiger partial charge in [-0.2, -0.15) is 0 Å². The van der Waals surface area contributed by atoms with E-state index in [9.17, 15) is 8.78 Å². The van der Waals surface area contributed by atoms with E-state index in [1.807, 2.05) is 0 Å². The Balaban J connectivity index is 3.36. The molecule has 0 heterocycles. The van der Waals surface area contributed by atoms with Crippen LogP contribution in [-0.2, 0) is 0 Å². The summed E-state index contributed by atoms with van der Waals surface area (Å²) in [5.74, 6) is -1.74. The average molecular weight is 219 g/mol. The second kappa shape index (κ2) is 3.13. The molecule has 0 fully saturated rings. The molecule has 0 aliphatic carbocycles. The van der Waals surface area contributed by atoms with E-state index in [4.69, 9.17) is 0 Å². The van der Waals surface area contributed by atoms with Crippen molar-refractivity contribution in [1.82, 2.24) is 0 Å². The van der Waals surface area contributed by atoms with Crippen LogP contribution in [0.15, 0.2) is 23.2 Å². The summed E-state index contributed by atoms with van der Waals surface area (Å²) < 4.78 is 25.6. The van der Waals surface area contributed by atoms with Crippen molar-refractivity contribution in [3.63, 3.8) is 0 Å². The molecule has 0 aromatic heterocycles. The van der Waals surface area contributed by atoms with E-state index in [0.717, 1.165) is 0 Å². The molecule has 0 amide bonds. The van der Waals surface area contributed by atoms with E-state index in [1.54, 1.807) is 0 Å². The summed E-state index contributed by atoms with van der Waals surface area (Å²) in [5.41, 5.74) is 0.172. The van der Waals surface area contributed by atoms with Crippen molar-refractivity contribution >= 4 is 22.0 Å². The van der Waals surface area contributed by atoms with Crippen molar-refractivity contribution in [3.05, 3.63) is 40.4 Å². The van der Waals surface area contributed by atoms with Crippen molar-refractivity contribution in [2.24, 2.45) is 0 Å². The lowest BCUT2D eigenvalue weighted by atomic mass is 10.2. The van der Waals surface area contributed by atoms with Crippen LogP contribution in [0.2, 0.25) is 0 Å². The number of hydrogen-bond donors (Lipinski definition) is 0. The zero-order valence-corrected chi connectivity index (χ0v) is 7.16. The van der Waals surface area contributed by atoms with E-state index < -0.39 is 11.6 Å². The number of hydrogen-bond acceptors (Lipinski definition) is 0. The van der Waals surface area contributed by atoms with Gasteiger partial charge in [-0.1, -0.05) is 18.7 Å². The summed E-state index contributed by atoms with van der Waals surface area (Å²) in [5, 5.41) is 0. The molecule has 58 valence electrons. The summed E-state index contributed by atoms with van der Waals surface area (Å²) >= 11 is 2.86. The molecule has 0 aliphatic rings. The maximum atomic E-state index is 12.8. The highest BCUT2D eigenvalue weighted by Crippen LogP contribution is 2.21. The van der Waals surface area contributed by atoms with Crippen molar-refractivity contribution in [3.8, 4) is 0 Å². The zero-order valence-electron chi connectivity index (χ0n) is 5.57. The predicted octanol–water partition coefficient (Wildman–Crippen LogP) is 3.37. The average Bonchev–Trinajstić information content (AvgIpc) is 2.01. The van der Waals surface area contributed by atoms with Crippen LogP contribution in [0.1, 0.15) is 5.56 Å². The van der Waals surface area contributed by atoms with Gasteiger partial charge in [-0.15, -0.1) is 0 Å². The Kier molecular flexibility index (Phi) is 2.39. The Bertz CT molecular complexity index is 294. The normalized spacial score (nSPS) is 9.73. The van der Waals surface area contributed by atoms with Crippen LogP contribution in [0, 0.1) is 11.6 Å². The van der Waals surface area contributed by atoms with E-state index >= 15 is 0 Å². The summed E-state index contributed by atoms with van der Waals surface area (Å²) in [6.07, 6.45) is 1.27. The monoisotopic (exact) mass is 218 g/mol. The minimum absolute atomic E-state index is 0.126. The Morgan fingerprint density at radius 1 is 1.27 bits per heavy atom. The van der Waals surface area contributed by atoms with Gasteiger partial charge in [-0.25, -0.2) is 8.78 Å². The fraction of sp³-hybridized carbons (Fsp3) is 0. The molecule has 1 aromatic rings. The largest absolute Gasteiger partial charge is 0.203 e. The highest BCUT2D eigenvalue weighted by molar-refractivity contribution is 9.10. The van der Waals surface area contributed by atoms with Crippen molar-refractivity contribution in [2.45, 2.75) is 0 Å². The molecule has 0 saturated heterocycles. The lowest BCUT2D eigenvalue weighted by Gasteiger charge is -1.98. The zero-order chi connectivity index (χ0) is 8.43. The Morgan fingerprint density at radius 2 is 1.91 bits per heavy atom. The highest BCUT2D eigenvalue weighted by Gasteiger charge is 2.08. The summed E-state index contributed by atoms with van der Waals surface area (Å²) in [6, 6.07) is 2.89. The second-order valence-electron chi connectivity index (χ2n) is 1.97. The highest BCUT2D eigenvalue weighted by atomic mass is 79.9. The molecule has 3 heteroatoms. The van der Waals surface area contributed by atoms with Gasteiger partial charge in [-0.05, 0) is 22.0 Å². The minimum atomic E-state index is -0.873. The molecule has 0 atom stereocenters. The first-order chi connectivity index (χ1) is 5.16. The van der Waals surface area contributed by atoms with Gasteiger partial charge in [0.1, 0.15) is 0 Å². The van der Waals surface area contributed by atoms with Crippen LogP contribution < -0.4 is 0 Å². The summed E-state index contributed by atoms with van der Waals surface area (Å²) in [6.45, 7) is 3.34.